The van der Waals surface area contributed by atoms with E-state index in [4.69, 9.17) is 0 Å². The van der Waals surface area contributed by atoms with Crippen molar-refractivity contribution in [3.05, 3.63) is 102 Å². The van der Waals surface area contributed by atoms with Crippen molar-refractivity contribution in [1.29, 1.82) is 0 Å². The highest BCUT2D eigenvalue weighted by Crippen LogP contribution is 2.28. The van der Waals surface area contributed by atoms with Gasteiger partial charge in [0.05, 0.1) is 5.69 Å². The first-order valence-corrected chi connectivity index (χ1v) is 10.0. The molecule has 0 radical (unpaired) electrons. The van der Waals surface area contributed by atoms with E-state index < -0.39 is 0 Å². The number of hydrogen-bond donors (Lipinski definition) is 0. The van der Waals surface area contributed by atoms with Crippen molar-refractivity contribution in [3.8, 4) is 11.3 Å². The molecule has 29 heavy (non-hydrogen) atoms. The van der Waals surface area contributed by atoms with Crippen molar-refractivity contribution in [2.45, 2.75) is 34.1 Å². The molecule has 1 aromatic heterocycles. The second-order valence-corrected chi connectivity index (χ2v) is 7.31. The van der Waals surface area contributed by atoms with E-state index in [1.807, 2.05) is 24.4 Å². The highest BCUT2D eigenvalue weighted by atomic mass is 15.1. The lowest BCUT2D eigenvalue weighted by molar-refractivity contribution is 0.955. The first-order chi connectivity index (χ1) is 13.9. The molecule has 2 heteroatoms. The Morgan fingerprint density at radius 2 is 1.86 bits per heavy atom. The first-order valence-electron chi connectivity index (χ1n) is 10.0. The number of nitrogens with zero attached hydrogens (tertiary/aromatic N) is 2. The van der Waals surface area contributed by atoms with E-state index in [-0.39, 0.29) is 0 Å². The second-order valence-electron chi connectivity index (χ2n) is 7.31. The van der Waals surface area contributed by atoms with Crippen LogP contribution in [-0.2, 0) is 0 Å². The maximum absolute atomic E-state index is 4.60. The van der Waals surface area contributed by atoms with Crippen LogP contribution in [0.25, 0.3) is 16.8 Å². The van der Waals surface area contributed by atoms with Gasteiger partial charge in [-0.3, -0.25) is 4.98 Å². The van der Waals surface area contributed by atoms with Gasteiger partial charge in [-0.15, -0.1) is 0 Å². The van der Waals surface area contributed by atoms with Gasteiger partial charge in [0.1, 0.15) is 0 Å². The summed E-state index contributed by atoms with van der Waals surface area (Å²) in [5.41, 5.74) is 9.22. The van der Waals surface area contributed by atoms with Gasteiger partial charge in [0.2, 0.25) is 0 Å². The van der Waals surface area contributed by atoms with Crippen LogP contribution in [-0.4, -0.2) is 12.0 Å². The van der Waals surface area contributed by atoms with Gasteiger partial charge in [-0.2, -0.15) is 0 Å². The Hall–Kier alpha value is -3.13. The molecule has 0 aliphatic rings. The molecule has 0 bridgehead atoms. The van der Waals surface area contributed by atoms with Crippen molar-refractivity contribution < 1.29 is 0 Å². The highest BCUT2D eigenvalue weighted by molar-refractivity contribution is 5.77. The fraction of sp³-hybridized carbons (Fsp3) is 0.222. The van der Waals surface area contributed by atoms with Crippen LogP contribution in [0, 0.1) is 0 Å². The zero-order valence-electron chi connectivity index (χ0n) is 18.4. The Morgan fingerprint density at radius 1 is 1.10 bits per heavy atom. The molecule has 0 saturated carbocycles. The van der Waals surface area contributed by atoms with Crippen molar-refractivity contribution >= 4 is 11.3 Å². The molecule has 2 nitrogen and oxygen atoms in total. The maximum atomic E-state index is 4.60. The van der Waals surface area contributed by atoms with E-state index in [1.54, 1.807) is 6.08 Å². The molecule has 150 valence electrons. The van der Waals surface area contributed by atoms with Crippen LogP contribution in [0.1, 0.15) is 39.7 Å². The summed E-state index contributed by atoms with van der Waals surface area (Å²) in [6, 6.07) is 12.6. The summed E-state index contributed by atoms with van der Waals surface area (Å²) in [4.78, 5) is 6.87. The molecule has 0 amide bonds. The summed E-state index contributed by atoms with van der Waals surface area (Å²) in [5.74, 6) is 0. The Balaban J connectivity index is 2.47. The van der Waals surface area contributed by atoms with Crippen molar-refractivity contribution in [1.82, 2.24) is 4.98 Å². The molecule has 0 spiro atoms. The Morgan fingerprint density at radius 3 is 2.48 bits per heavy atom. The molecule has 1 heterocycles. The standard InChI is InChI=1S/C27H32N2/c1-8-12-22(9-2)23-15-16-28-26(19-23)24-13-11-14-25(18-24)29(7)27(10-3)21(6)17-20(4)5/h8-9,11-19H,1-2,10H2,3-7H3/b22-12+,27-21+. The summed E-state index contributed by atoms with van der Waals surface area (Å²) < 4.78 is 0. The second kappa shape index (κ2) is 10.4. The lowest BCUT2D eigenvalue weighted by atomic mass is 10.0. The van der Waals surface area contributed by atoms with Crippen molar-refractivity contribution in [3.63, 3.8) is 0 Å². The van der Waals surface area contributed by atoms with Crippen molar-refractivity contribution in [2.75, 3.05) is 11.9 Å². The van der Waals surface area contributed by atoms with E-state index in [0.717, 1.165) is 34.5 Å². The average molecular weight is 385 g/mol. The van der Waals surface area contributed by atoms with E-state index >= 15 is 0 Å². The van der Waals surface area contributed by atoms with Gasteiger partial charge in [0.25, 0.3) is 0 Å². The number of benzene rings is 1. The summed E-state index contributed by atoms with van der Waals surface area (Å²) in [5, 5.41) is 0. The largest absolute Gasteiger partial charge is 0.348 e. The zero-order valence-corrected chi connectivity index (χ0v) is 18.4. The molecule has 0 atom stereocenters. The number of hydrogen-bond acceptors (Lipinski definition) is 2. The third-order valence-corrected chi connectivity index (χ3v) is 4.84. The molecule has 0 aliphatic heterocycles. The van der Waals surface area contributed by atoms with Crippen molar-refractivity contribution in [2.24, 2.45) is 0 Å². The summed E-state index contributed by atoms with van der Waals surface area (Å²) in [6.07, 6.45) is 10.6. The lowest BCUT2D eigenvalue weighted by Gasteiger charge is -2.24. The SMILES string of the molecule is C=C/C=C(\C=C)c1ccnc(-c2cccc(N(C)/C(CC)=C(\C)C=C(C)C)c2)c1. The molecule has 0 fully saturated rings. The average Bonchev–Trinajstić information content (AvgIpc) is 2.72. The lowest BCUT2D eigenvalue weighted by Crippen LogP contribution is -2.17. The molecule has 0 saturated heterocycles. The molecule has 2 rings (SSSR count). The minimum Gasteiger partial charge on any atom is -0.348 e. The normalized spacial score (nSPS) is 12.1. The van der Waals surface area contributed by atoms with Crippen LogP contribution in [0.15, 0.2) is 96.9 Å². The third kappa shape index (κ3) is 5.68. The maximum Gasteiger partial charge on any atom is 0.0708 e. The van der Waals surface area contributed by atoms with E-state index in [2.05, 4.69) is 94.2 Å². The van der Waals surface area contributed by atoms with Crippen LogP contribution in [0.4, 0.5) is 5.69 Å². The quantitative estimate of drug-likeness (QED) is 0.436. The number of pyridine rings is 1. The monoisotopic (exact) mass is 384 g/mol. The van der Waals surface area contributed by atoms with Gasteiger partial charge in [0, 0.05) is 30.2 Å². The van der Waals surface area contributed by atoms with E-state index in [1.165, 1.54) is 16.8 Å². The summed E-state index contributed by atoms with van der Waals surface area (Å²) in [6.45, 7) is 16.3. The van der Waals surface area contributed by atoms with E-state index in [9.17, 15) is 0 Å². The first kappa shape index (κ1) is 22.2. The third-order valence-electron chi connectivity index (χ3n) is 4.84. The predicted molar refractivity (Wildman–Crippen MR) is 129 cm³/mol. The molecule has 0 aliphatic carbocycles. The van der Waals surface area contributed by atoms with Gasteiger partial charge in [-0.1, -0.05) is 62.1 Å². The Labute approximate surface area is 176 Å². The Kier molecular flexibility index (Phi) is 7.97. The van der Waals surface area contributed by atoms with Gasteiger partial charge in [-0.05, 0) is 68.2 Å². The zero-order chi connectivity index (χ0) is 21.4. The van der Waals surface area contributed by atoms with Gasteiger partial charge in [0.15, 0.2) is 0 Å². The summed E-state index contributed by atoms with van der Waals surface area (Å²) >= 11 is 0. The van der Waals surface area contributed by atoms with Gasteiger partial charge >= 0.3 is 0 Å². The van der Waals surface area contributed by atoms with Gasteiger partial charge < -0.3 is 4.90 Å². The molecule has 1 aromatic carbocycles. The molecule has 0 unspecified atom stereocenters. The fourth-order valence-electron chi connectivity index (χ4n) is 3.50. The van der Waals surface area contributed by atoms with Crippen LogP contribution in [0.5, 0.6) is 0 Å². The smallest absolute Gasteiger partial charge is 0.0708 e. The van der Waals surface area contributed by atoms with Crippen LogP contribution >= 0.6 is 0 Å². The Bertz CT molecular complexity index is 970. The van der Waals surface area contributed by atoms with Gasteiger partial charge in [-0.25, -0.2) is 0 Å². The predicted octanol–water partition coefficient (Wildman–Crippen LogP) is 7.59. The minimum atomic E-state index is 0.942. The van der Waals surface area contributed by atoms with Crippen LogP contribution in [0.2, 0.25) is 0 Å². The fourth-order valence-corrected chi connectivity index (χ4v) is 3.50. The summed E-state index contributed by atoms with van der Waals surface area (Å²) in [7, 11) is 2.13. The minimum absolute atomic E-state index is 0.942. The molecular weight excluding hydrogens is 352 g/mol. The molecular formula is C27H32N2. The van der Waals surface area contributed by atoms with Crippen LogP contribution < -0.4 is 4.90 Å². The highest BCUT2D eigenvalue weighted by Gasteiger charge is 2.10. The number of anilines is 1. The molecule has 2 aromatic rings. The number of rotatable bonds is 8. The number of allylic oxidation sites excluding steroid dienone is 8. The topological polar surface area (TPSA) is 16.1 Å². The van der Waals surface area contributed by atoms with Crippen LogP contribution in [0.3, 0.4) is 0 Å². The molecule has 0 N–H and O–H groups in total. The van der Waals surface area contributed by atoms with E-state index in [0.29, 0.717) is 0 Å². The number of aromatic nitrogens is 1.